The molecule has 6 nitrogen and oxygen atoms in total. The van der Waals surface area contributed by atoms with E-state index < -0.39 is 0 Å². The first-order chi connectivity index (χ1) is 13.1. The molecule has 4 aromatic rings. The Morgan fingerprint density at radius 3 is 2.52 bits per heavy atom. The van der Waals surface area contributed by atoms with Crippen LogP contribution in [0.15, 0.2) is 67.0 Å². The van der Waals surface area contributed by atoms with Gasteiger partial charge in [-0.05, 0) is 48.4 Å². The van der Waals surface area contributed by atoms with Gasteiger partial charge in [0.1, 0.15) is 5.82 Å². The predicted molar refractivity (Wildman–Crippen MR) is 105 cm³/mol. The maximum absolute atomic E-state index is 12.8. The van der Waals surface area contributed by atoms with E-state index in [1.54, 1.807) is 10.9 Å². The fourth-order valence-electron chi connectivity index (χ4n) is 3.08. The Morgan fingerprint density at radius 2 is 1.85 bits per heavy atom. The average Bonchev–Trinajstić information content (AvgIpc) is 3.35. The summed E-state index contributed by atoms with van der Waals surface area (Å²) in [5.41, 5.74) is 3.38. The number of carbonyl (C=O) groups excluding carboxylic acids is 1. The molecular weight excluding hydrogens is 338 g/mol. The smallest absolute Gasteiger partial charge is 0.251 e. The molecule has 2 N–H and O–H groups in total. The molecule has 0 saturated heterocycles. The number of amides is 1. The van der Waals surface area contributed by atoms with Gasteiger partial charge in [0.05, 0.1) is 22.8 Å². The number of aromatic amines is 1. The van der Waals surface area contributed by atoms with Crippen LogP contribution in [0.3, 0.4) is 0 Å². The zero-order chi connectivity index (χ0) is 18.8. The molecule has 0 saturated carbocycles. The number of benzene rings is 2. The lowest BCUT2D eigenvalue weighted by molar-refractivity contribution is 0.0923. The molecule has 0 fully saturated rings. The summed E-state index contributed by atoms with van der Waals surface area (Å²) in [6.07, 6.45) is 3.59. The van der Waals surface area contributed by atoms with Gasteiger partial charge in [0.25, 0.3) is 5.91 Å². The summed E-state index contributed by atoms with van der Waals surface area (Å²) < 4.78 is 1.76. The van der Waals surface area contributed by atoms with Gasteiger partial charge in [-0.3, -0.25) is 4.79 Å². The van der Waals surface area contributed by atoms with Crippen LogP contribution in [-0.2, 0) is 0 Å². The minimum absolute atomic E-state index is 0.124. The van der Waals surface area contributed by atoms with E-state index in [0.717, 1.165) is 22.5 Å². The van der Waals surface area contributed by atoms with E-state index in [-0.39, 0.29) is 17.9 Å². The first kappa shape index (κ1) is 17.0. The first-order valence-electron chi connectivity index (χ1n) is 8.97. The van der Waals surface area contributed by atoms with Crippen molar-refractivity contribution in [3.05, 3.63) is 78.4 Å². The zero-order valence-corrected chi connectivity index (χ0v) is 15.3. The molecular formula is C21H21N5O. The van der Waals surface area contributed by atoms with Crippen molar-refractivity contribution in [2.24, 2.45) is 5.92 Å². The van der Waals surface area contributed by atoms with Gasteiger partial charge in [0, 0.05) is 18.0 Å². The predicted octanol–water partition coefficient (Wildman–Crippen LogP) is 3.88. The molecule has 2 heterocycles. The van der Waals surface area contributed by atoms with E-state index in [9.17, 15) is 4.79 Å². The molecule has 0 aliphatic heterocycles. The van der Waals surface area contributed by atoms with Crippen molar-refractivity contribution in [3.8, 4) is 5.69 Å². The second kappa shape index (κ2) is 7.07. The van der Waals surface area contributed by atoms with Gasteiger partial charge in [-0.25, -0.2) is 9.67 Å². The summed E-state index contributed by atoms with van der Waals surface area (Å²) >= 11 is 0. The molecule has 136 valence electrons. The van der Waals surface area contributed by atoms with Crippen LogP contribution in [0.25, 0.3) is 16.7 Å². The van der Waals surface area contributed by atoms with E-state index in [0.29, 0.717) is 5.56 Å². The van der Waals surface area contributed by atoms with Crippen LogP contribution in [0.1, 0.15) is 36.1 Å². The van der Waals surface area contributed by atoms with Gasteiger partial charge in [0.15, 0.2) is 0 Å². The van der Waals surface area contributed by atoms with Gasteiger partial charge in [0.2, 0.25) is 0 Å². The van der Waals surface area contributed by atoms with Crippen molar-refractivity contribution in [1.29, 1.82) is 0 Å². The molecule has 2 aromatic carbocycles. The zero-order valence-electron chi connectivity index (χ0n) is 15.3. The van der Waals surface area contributed by atoms with Gasteiger partial charge in [-0.1, -0.05) is 26.0 Å². The topological polar surface area (TPSA) is 75.6 Å². The van der Waals surface area contributed by atoms with Crippen LogP contribution in [0.5, 0.6) is 0 Å². The van der Waals surface area contributed by atoms with E-state index >= 15 is 0 Å². The number of imidazole rings is 1. The van der Waals surface area contributed by atoms with E-state index in [4.69, 9.17) is 0 Å². The molecule has 1 atom stereocenters. The van der Waals surface area contributed by atoms with Crippen LogP contribution in [0.4, 0.5) is 0 Å². The summed E-state index contributed by atoms with van der Waals surface area (Å²) in [5, 5.41) is 7.31. The van der Waals surface area contributed by atoms with Crippen molar-refractivity contribution in [2.75, 3.05) is 0 Å². The number of fused-ring (bicyclic) bond motifs is 1. The Bertz CT molecular complexity index is 1010. The summed E-state index contributed by atoms with van der Waals surface area (Å²) in [5.74, 6) is 0.840. The molecule has 0 aliphatic carbocycles. The third-order valence-corrected chi connectivity index (χ3v) is 4.55. The quantitative estimate of drug-likeness (QED) is 0.568. The third kappa shape index (κ3) is 3.46. The van der Waals surface area contributed by atoms with Crippen LogP contribution in [0, 0.1) is 5.92 Å². The molecule has 4 rings (SSSR count). The number of rotatable bonds is 5. The van der Waals surface area contributed by atoms with Crippen molar-refractivity contribution >= 4 is 16.9 Å². The van der Waals surface area contributed by atoms with Crippen molar-refractivity contribution in [2.45, 2.75) is 19.9 Å². The number of hydrogen-bond donors (Lipinski definition) is 2. The number of aromatic nitrogens is 4. The number of nitrogens with zero attached hydrogens (tertiary/aromatic N) is 3. The molecule has 0 spiro atoms. The second-order valence-electron chi connectivity index (χ2n) is 6.83. The maximum Gasteiger partial charge on any atom is 0.251 e. The lowest BCUT2D eigenvalue weighted by Crippen LogP contribution is -2.32. The van der Waals surface area contributed by atoms with Crippen LogP contribution >= 0.6 is 0 Å². The highest BCUT2D eigenvalue weighted by molar-refractivity contribution is 5.94. The van der Waals surface area contributed by atoms with Crippen molar-refractivity contribution < 1.29 is 4.79 Å². The minimum atomic E-state index is -0.198. The van der Waals surface area contributed by atoms with Gasteiger partial charge >= 0.3 is 0 Å². The maximum atomic E-state index is 12.8. The lowest BCUT2D eigenvalue weighted by atomic mass is 10.0. The number of para-hydroxylation sites is 2. The fraction of sp³-hybridized carbons (Fsp3) is 0.190. The Labute approximate surface area is 157 Å². The van der Waals surface area contributed by atoms with Gasteiger partial charge < -0.3 is 10.3 Å². The Hall–Kier alpha value is -3.41. The largest absolute Gasteiger partial charge is 0.342 e. The molecule has 6 heteroatoms. The molecule has 0 bridgehead atoms. The first-order valence-corrected chi connectivity index (χ1v) is 8.97. The van der Waals surface area contributed by atoms with E-state index in [1.807, 2.05) is 60.8 Å². The molecule has 0 aliphatic rings. The number of nitrogens with one attached hydrogen (secondary N) is 2. The minimum Gasteiger partial charge on any atom is -0.342 e. The Morgan fingerprint density at radius 1 is 1.07 bits per heavy atom. The highest BCUT2D eigenvalue weighted by Crippen LogP contribution is 2.23. The Balaban J connectivity index is 1.55. The molecule has 1 amide bonds. The summed E-state index contributed by atoms with van der Waals surface area (Å²) in [6, 6.07) is 16.9. The fourth-order valence-corrected chi connectivity index (χ4v) is 3.08. The van der Waals surface area contributed by atoms with Crippen molar-refractivity contribution in [1.82, 2.24) is 25.1 Å². The second-order valence-corrected chi connectivity index (χ2v) is 6.83. The van der Waals surface area contributed by atoms with Gasteiger partial charge in [-0.15, -0.1) is 0 Å². The monoisotopic (exact) mass is 359 g/mol. The number of hydrogen-bond acceptors (Lipinski definition) is 3. The van der Waals surface area contributed by atoms with Gasteiger partial charge in [-0.2, -0.15) is 5.10 Å². The van der Waals surface area contributed by atoms with Crippen LogP contribution in [-0.4, -0.2) is 25.7 Å². The Kier molecular flexibility index (Phi) is 4.46. The molecule has 2 aromatic heterocycles. The third-order valence-electron chi connectivity index (χ3n) is 4.55. The highest BCUT2D eigenvalue weighted by Gasteiger charge is 2.22. The summed E-state index contributed by atoms with van der Waals surface area (Å²) in [7, 11) is 0. The van der Waals surface area contributed by atoms with Crippen LogP contribution < -0.4 is 5.32 Å². The summed E-state index contributed by atoms with van der Waals surface area (Å²) in [6.45, 7) is 4.14. The van der Waals surface area contributed by atoms with Crippen LogP contribution in [0.2, 0.25) is 0 Å². The summed E-state index contributed by atoms with van der Waals surface area (Å²) in [4.78, 5) is 20.7. The standard InChI is InChI=1S/C21H21N5O/c1-14(2)19(20-23-17-6-3-4-7-18(17)24-20)25-21(27)15-8-10-16(11-9-15)26-13-5-12-22-26/h3-14,19H,1-2H3,(H,23,24)(H,25,27). The molecule has 0 radical (unpaired) electrons. The SMILES string of the molecule is CC(C)C(NC(=O)c1ccc(-n2cccn2)cc1)c1nc2ccccc2[nH]1. The normalized spacial score (nSPS) is 12.4. The highest BCUT2D eigenvalue weighted by atomic mass is 16.1. The van der Waals surface area contributed by atoms with Crippen molar-refractivity contribution in [3.63, 3.8) is 0 Å². The number of carbonyl (C=O) groups is 1. The lowest BCUT2D eigenvalue weighted by Gasteiger charge is -2.20. The van der Waals surface area contributed by atoms with E-state index in [2.05, 4.69) is 34.2 Å². The van der Waals surface area contributed by atoms with E-state index in [1.165, 1.54) is 0 Å². The number of H-pyrrole nitrogens is 1. The molecule has 1 unspecified atom stereocenters. The average molecular weight is 359 g/mol. The molecule has 27 heavy (non-hydrogen) atoms.